The Morgan fingerprint density at radius 1 is 1.08 bits per heavy atom. The summed E-state index contributed by atoms with van der Waals surface area (Å²) in [7, 11) is 0. The van der Waals surface area contributed by atoms with Gasteiger partial charge in [0, 0.05) is 29.9 Å². The van der Waals surface area contributed by atoms with Gasteiger partial charge in [-0.15, -0.1) is 5.10 Å². The minimum absolute atomic E-state index is 0.0942. The zero-order valence-electron chi connectivity index (χ0n) is 13.9. The van der Waals surface area contributed by atoms with Crippen molar-refractivity contribution in [2.24, 2.45) is 0 Å². The summed E-state index contributed by atoms with van der Waals surface area (Å²) in [5, 5.41) is 13.9. The van der Waals surface area contributed by atoms with Gasteiger partial charge in [-0.05, 0) is 53.2 Å². The van der Waals surface area contributed by atoms with Crippen molar-refractivity contribution >= 4 is 23.2 Å². The van der Waals surface area contributed by atoms with Crippen molar-refractivity contribution < 1.29 is 9.59 Å². The number of carbonyl (C=O) groups excluding carboxylic acids is 2. The molecule has 3 aromatic rings. The van der Waals surface area contributed by atoms with Crippen molar-refractivity contribution in [2.45, 2.75) is 12.8 Å². The number of carbonyl (C=O) groups is 2. The van der Waals surface area contributed by atoms with Gasteiger partial charge in [-0.3, -0.25) is 9.59 Å². The largest absolute Gasteiger partial charge is 0.322 e. The van der Waals surface area contributed by atoms with Gasteiger partial charge in [0.1, 0.15) is 6.33 Å². The number of benzene rings is 2. The Balaban J connectivity index is 1.54. The molecule has 1 N–H and O–H groups in total. The quantitative estimate of drug-likeness (QED) is 0.779. The van der Waals surface area contributed by atoms with Gasteiger partial charge in [0.25, 0.3) is 5.91 Å². The van der Waals surface area contributed by atoms with Gasteiger partial charge in [0.05, 0.1) is 5.69 Å². The number of hydrogen-bond acceptors (Lipinski definition) is 5. The molecule has 8 nitrogen and oxygen atoms in total. The highest BCUT2D eigenvalue weighted by Gasteiger charge is 2.22. The van der Waals surface area contributed by atoms with Crippen LogP contribution in [0.1, 0.15) is 23.2 Å². The number of aromatic nitrogens is 4. The number of amides is 2. The third-order valence-corrected chi connectivity index (χ3v) is 4.21. The molecule has 1 aliphatic rings. The highest BCUT2D eigenvalue weighted by molar-refractivity contribution is 6.05. The smallest absolute Gasteiger partial charge is 0.255 e. The zero-order chi connectivity index (χ0) is 17.9. The summed E-state index contributed by atoms with van der Waals surface area (Å²) in [4.78, 5) is 26.2. The molecule has 1 fully saturated rings. The Hall–Kier alpha value is -3.55. The average molecular weight is 348 g/mol. The molecule has 130 valence electrons. The van der Waals surface area contributed by atoms with E-state index < -0.39 is 0 Å². The Morgan fingerprint density at radius 3 is 2.69 bits per heavy atom. The van der Waals surface area contributed by atoms with E-state index in [1.54, 1.807) is 35.2 Å². The molecule has 26 heavy (non-hydrogen) atoms. The Bertz CT molecular complexity index is 954. The molecule has 1 aromatic heterocycles. The lowest BCUT2D eigenvalue weighted by molar-refractivity contribution is -0.117. The summed E-state index contributed by atoms with van der Waals surface area (Å²) in [5.41, 5.74) is 2.62. The number of nitrogens with one attached hydrogen (secondary N) is 1. The maximum absolute atomic E-state index is 12.6. The second-order valence-corrected chi connectivity index (χ2v) is 5.96. The fourth-order valence-corrected chi connectivity index (χ4v) is 2.95. The van der Waals surface area contributed by atoms with E-state index in [1.807, 2.05) is 18.2 Å². The van der Waals surface area contributed by atoms with Crippen LogP contribution in [0.4, 0.5) is 11.4 Å². The van der Waals surface area contributed by atoms with Crippen LogP contribution in [0, 0.1) is 0 Å². The van der Waals surface area contributed by atoms with Gasteiger partial charge in [-0.2, -0.15) is 0 Å². The molecule has 0 spiro atoms. The lowest BCUT2D eigenvalue weighted by Gasteiger charge is -2.16. The lowest BCUT2D eigenvalue weighted by Crippen LogP contribution is -2.24. The molecule has 2 amide bonds. The van der Waals surface area contributed by atoms with E-state index in [9.17, 15) is 9.59 Å². The summed E-state index contributed by atoms with van der Waals surface area (Å²) >= 11 is 0. The predicted octanol–water partition coefficient (Wildman–Crippen LogP) is 2.04. The van der Waals surface area contributed by atoms with Gasteiger partial charge in [-0.1, -0.05) is 12.1 Å². The summed E-state index contributed by atoms with van der Waals surface area (Å²) in [6.07, 6.45) is 2.89. The van der Waals surface area contributed by atoms with Crippen LogP contribution in [0.2, 0.25) is 0 Å². The van der Waals surface area contributed by atoms with Crippen molar-refractivity contribution in [3.63, 3.8) is 0 Å². The lowest BCUT2D eigenvalue weighted by atomic mass is 10.1. The molecule has 0 saturated carbocycles. The van der Waals surface area contributed by atoms with Gasteiger partial charge in [-0.25, -0.2) is 4.68 Å². The third-order valence-electron chi connectivity index (χ3n) is 4.21. The van der Waals surface area contributed by atoms with E-state index in [2.05, 4.69) is 20.8 Å². The van der Waals surface area contributed by atoms with Gasteiger partial charge in [0.2, 0.25) is 5.91 Å². The third kappa shape index (κ3) is 3.16. The standard InChI is InChI=1S/C18H16N6O2/c25-17-8-3-9-23(17)15-6-1-4-13(10-15)18(26)20-14-5-2-7-16(11-14)24-12-19-21-22-24/h1-2,4-7,10-12H,3,8-9H2,(H,20,26). The van der Waals surface area contributed by atoms with Crippen LogP contribution in [-0.4, -0.2) is 38.6 Å². The van der Waals surface area contributed by atoms with E-state index >= 15 is 0 Å². The normalized spacial score (nSPS) is 13.8. The van der Waals surface area contributed by atoms with Crippen LogP contribution in [0.15, 0.2) is 54.9 Å². The maximum atomic E-state index is 12.6. The number of rotatable bonds is 4. The zero-order valence-corrected chi connectivity index (χ0v) is 13.9. The molecule has 0 aliphatic carbocycles. The van der Waals surface area contributed by atoms with E-state index in [0.717, 1.165) is 17.8 Å². The van der Waals surface area contributed by atoms with E-state index in [0.29, 0.717) is 24.2 Å². The molecular weight excluding hydrogens is 332 g/mol. The predicted molar refractivity (Wildman–Crippen MR) is 95.1 cm³/mol. The Kier molecular flexibility index (Phi) is 4.14. The minimum atomic E-state index is -0.243. The van der Waals surface area contributed by atoms with E-state index in [-0.39, 0.29) is 11.8 Å². The molecule has 2 heterocycles. The van der Waals surface area contributed by atoms with Crippen LogP contribution in [0.3, 0.4) is 0 Å². The van der Waals surface area contributed by atoms with Gasteiger partial charge < -0.3 is 10.2 Å². The van der Waals surface area contributed by atoms with Crippen LogP contribution in [-0.2, 0) is 4.79 Å². The second-order valence-electron chi connectivity index (χ2n) is 5.96. The molecule has 0 unspecified atom stereocenters. The molecule has 2 aromatic carbocycles. The molecule has 1 saturated heterocycles. The Labute approximate surface area is 149 Å². The number of hydrogen-bond donors (Lipinski definition) is 1. The molecule has 4 rings (SSSR count). The van der Waals surface area contributed by atoms with Crippen LogP contribution >= 0.6 is 0 Å². The highest BCUT2D eigenvalue weighted by Crippen LogP contribution is 2.23. The summed E-state index contributed by atoms with van der Waals surface area (Å²) in [6, 6.07) is 14.3. The number of anilines is 2. The van der Waals surface area contributed by atoms with Gasteiger partial charge in [0.15, 0.2) is 0 Å². The molecule has 1 aliphatic heterocycles. The SMILES string of the molecule is O=C(Nc1cccc(-n2cnnn2)c1)c1cccc(N2CCCC2=O)c1. The monoisotopic (exact) mass is 348 g/mol. The fourth-order valence-electron chi connectivity index (χ4n) is 2.95. The van der Waals surface area contributed by atoms with E-state index in [1.165, 1.54) is 11.0 Å². The van der Waals surface area contributed by atoms with Crippen LogP contribution in [0.5, 0.6) is 0 Å². The molecule has 0 atom stereocenters. The summed E-state index contributed by atoms with van der Waals surface area (Å²) in [6.45, 7) is 0.692. The minimum Gasteiger partial charge on any atom is -0.322 e. The van der Waals surface area contributed by atoms with Crippen molar-refractivity contribution in [3.8, 4) is 5.69 Å². The Morgan fingerprint density at radius 2 is 1.92 bits per heavy atom. The first-order chi connectivity index (χ1) is 12.7. The van der Waals surface area contributed by atoms with Crippen LogP contribution in [0.25, 0.3) is 5.69 Å². The number of tetrazole rings is 1. The first kappa shape index (κ1) is 15.9. The molecular formula is C18H16N6O2. The second kappa shape index (κ2) is 6.75. The first-order valence-corrected chi connectivity index (χ1v) is 8.26. The van der Waals surface area contributed by atoms with Crippen molar-refractivity contribution in [1.82, 2.24) is 20.2 Å². The topological polar surface area (TPSA) is 93.0 Å². The average Bonchev–Trinajstić information content (AvgIpc) is 3.34. The maximum Gasteiger partial charge on any atom is 0.255 e. The van der Waals surface area contributed by atoms with Crippen LogP contribution < -0.4 is 10.2 Å². The first-order valence-electron chi connectivity index (χ1n) is 8.26. The number of nitrogens with zero attached hydrogens (tertiary/aromatic N) is 5. The summed E-state index contributed by atoms with van der Waals surface area (Å²) in [5.74, 6) is -0.149. The van der Waals surface area contributed by atoms with E-state index in [4.69, 9.17) is 0 Å². The molecule has 0 radical (unpaired) electrons. The van der Waals surface area contributed by atoms with Crippen molar-refractivity contribution in [2.75, 3.05) is 16.8 Å². The molecule has 8 heteroatoms. The van der Waals surface area contributed by atoms with Gasteiger partial charge >= 0.3 is 0 Å². The van der Waals surface area contributed by atoms with Crippen molar-refractivity contribution in [1.29, 1.82) is 0 Å². The fraction of sp³-hybridized carbons (Fsp3) is 0.167. The molecule has 0 bridgehead atoms. The van der Waals surface area contributed by atoms with Crippen molar-refractivity contribution in [3.05, 3.63) is 60.4 Å². The summed E-state index contributed by atoms with van der Waals surface area (Å²) < 4.78 is 1.51. The highest BCUT2D eigenvalue weighted by atomic mass is 16.2.